The fourth-order valence-electron chi connectivity index (χ4n) is 0.551. The van der Waals surface area contributed by atoms with Crippen LogP contribution in [0.3, 0.4) is 0 Å². The Bertz CT molecular complexity index is 166. The Hall–Kier alpha value is -1.17. The lowest BCUT2D eigenvalue weighted by Crippen LogP contribution is -2.11. The molecule has 0 saturated heterocycles. The van der Waals surface area contributed by atoms with Crippen LogP contribution in [0.2, 0.25) is 0 Å². The summed E-state index contributed by atoms with van der Waals surface area (Å²) in [7, 11) is 1.63. The van der Waals surface area contributed by atoms with E-state index in [-0.39, 0.29) is 11.8 Å². The third kappa shape index (κ3) is 2.40. The summed E-state index contributed by atoms with van der Waals surface area (Å²) in [6.45, 7) is 1.82. The predicted octanol–water partition coefficient (Wildman–Crippen LogP) is 1.11. The minimum atomic E-state index is -0.248. The van der Waals surface area contributed by atoms with E-state index in [1.807, 2.05) is 6.92 Å². The summed E-state index contributed by atoms with van der Waals surface area (Å²) in [4.78, 5) is 3.73. The normalized spacial score (nSPS) is 16.1. The lowest BCUT2D eigenvalue weighted by Gasteiger charge is -2.04. The molecule has 0 aromatic rings. The van der Waals surface area contributed by atoms with Crippen LogP contribution >= 0.6 is 0 Å². The highest BCUT2D eigenvalue weighted by atomic mass is 14.6. The van der Waals surface area contributed by atoms with Crippen LogP contribution in [0.25, 0.3) is 0 Å². The van der Waals surface area contributed by atoms with Gasteiger partial charge >= 0.3 is 0 Å². The highest BCUT2D eigenvalue weighted by molar-refractivity contribution is 5.71. The van der Waals surface area contributed by atoms with Gasteiger partial charge in [-0.25, -0.2) is 0 Å². The number of aliphatic imine (C=N–C) groups is 1. The minimum Gasteiger partial charge on any atom is -0.313 e. The summed E-state index contributed by atoms with van der Waals surface area (Å²) in [6.07, 6.45) is 2.82. The van der Waals surface area contributed by atoms with Crippen molar-refractivity contribution in [3.8, 4) is 6.07 Å². The lowest BCUT2D eigenvalue weighted by molar-refractivity contribution is 0.714. The molecule has 0 aliphatic rings. The van der Waals surface area contributed by atoms with E-state index in [4.69, 9.17) is 10.7 Å². The maximum absolute atomic E-state index is 8.51. The molecule has 2 unspecified atom stereocenters. The van der Waals surface area contributed by atoms with Crippen LogP contribution in [0, 0.1) is 28.6 Å². The van der Waals surface area contributed by atoms with Crippen molar-refractivity contribution in [3.63, 3.8) is 0 Å². The van der Waals surface area contributed by atoms with Crippen molar-refractivity contribution in [2.45, 2.75) is 6.92 Å². The largest absolute Gasteiger partial charge is 0.313 e. The zero-order valence-electron chi connectivity index (χ0n) is 6.20. The van der Waals surface area contributed by atoms with Gasteiger partial charge in [0, 0.05) is 19.2 Å². The molecule has 0 fully saturated rings. The van der Waals surface area contributed by atoms with Crippen molar-refractivity contribution in [1.82, 2.24) is 0 Å². The van der Waals surface area contributed by atoms with Gasteiger partial charge in [0.1, 0.15) is 0 Å². The number of nitrogens with one attached hydrogen (secondary N) is 1. The highest BCUT2D eigenvalue weighted by Crippen LogP contribution is 2.04. The van der Waals surface area contributed by atoms with E-state index in [9.17, 15) is 0 Å². The van der Waals surface area contributed by atoms with E-state index < -0.39 is 0 Å². The van der Waals surface area contributed by atoms with Crippen LogP contribution in [-0.2, 0) is 0 Å². The van der Waals surface area contributed by atoms with Crippen molar-refractivity contribution in [3.05, 3.63) is 0 Å². The second-order valence-corrected chi connectivity index (χ2v) is 2.09. The summed E-state index contributed by atoms with van der Waals surface area (Å²) < 4.78 is 0. The Morgan fingerprint density at radius 3 is 2.60 bits per heavy atom. The zero-order chi connectivity index (χ0) is 7.98. The average molecular weight is 137 g/mol. The molecular weight excluding hydrogens is 126 g/mol. The fourth-order valence-corrected chi connectivity index (χ4v) is 0.551. The Labute approximate surface area is 60.9 Å². The molecule has 54 valence electrons. The van der Waals surface area contributed by atoms with Crippen molar-refractivity contribution in [2.24, 2.45) is 16.8 Å². The topological polar surface area (TPSA) is 60.0 Å². The Kier molecular flexibility index (Phi) is 4.14. The first-order chi connectivity index (χ1) is 4.76. The molecule has 0 spiro atoms. The Morgan fingerprint density at radius 1 is 1.70 bits per heavy atom. The van der Waals surface area contributed by atoms with E-state index in [1.54, 1.807) is 13.3 Å². The van der Waals surface area contributed by atoms with E-state index in [0.717, 1.165) is 0 Å². The van der Waals surface area contributed by atoms with E-state index in [2.05, 4.69) is 11.1 Å². The van der Waals surface area contributed by atoms with Crippen molar-refractivity contribution >= 4 is 12.4 Å². The van der Waals surface area contributed by atoms with E-state index in [1.165, 1.54) is 6.21 Å². The second kappa shape index (κ2) is 4.68. The molecule has 0 aromatic heterocycles. The van der Waals surface area contributed by atoms with Crippen LogP contribution in [0.5, 0.6) is 0 Å². The van der Waals surface area contributed by atoms with Gasteiger partial charge in [0.25, 0.3) is 0 Å². The lowest BCUT2D eigenvalue weighted by atomic mass is 9.98. The SMILES string of the molecule is CN=CC(C#N)C(C)C=N. The van der Waals surface area contributed by atoms with Gasteiger partial charge in [-0.15, -0.1) is 0 Å². The van der Waals surface area contributed by atoms with Gasteiger partial charge in [0.2, 0.25) is 0 Å². The third-order valence-electron chi connectivity index (χ3n) is 1.29. The van der Waals surface area contributed by atoms with Crippen LogP contribution in [0.4, 0.5) is 0 Å². The molecule has 3 nitrogen and oxygen atoms in total. The zero-order valence-corrected chi connectivity index (χ0v) is 6.20. The van der Waals surface area contributed by atoms with Gasteiger partial charge in [0.15, 0.2) is 0 Å². The van der Waals surface area contributed by atoms with E-state index >= 15 is 0 Å². The molecule has 0 amide bonds. The van der Waals surface area contributed by atoms with Crippen molar-refractivity contribution in [1.29, 1.82) is 10.7 Å². The second-order valence-electron chi connectivity index (χ2n) is 2.09. The van der Waals surface area contributed by atoms with Crippen molar-refractivity contribution in [2.75, 3.05) is 7.05 Å². The first-order valence-corrected chi connectivity index (χ1v) is 3.08. The summed E-state index contributed by atoms with van der Waals surface area (Å²) in [5.74, 6) is -0.281. The van der Waals surface area contributed by atoms with Gasteiger partial charge in [-0.2, -0.15) is 5.26 Å². The van der Waals surface area contributed by atoms with Gasteiger partial charge < -0.3 is 5.41 Å². The molecule has 0 radical (unpaired) electrons. The molecule has 10 heavy (non-hydrogen) atoms. The molecule has 0 bridgehead atoms. The Balaban J connectivity index is 4.09. The summed E-state index contributed by atoms with van der Waals surface area (Å²) >= 11 is 0. The third-order valence-corrected chi connectivity index (χ3v) is 1.29. The molecule has 3 heteroatoms. The summed E-state index contributed by atoms with van der Waals surface area (Å²) in [5, 5.41) is 15.4. The molecule has 0 aliphatic carbocycles. The summed E-state index contributed by atoms with van der Waals surface area (Å²) in [6, 6.07) is 2.05. The fraction of sp³-hybridized carbons (Fsp3) is 0.571. The van der Waals surface area contributed by atoms with Crippen molar-refractivity contribution < 1.29 is 0 Å². The molecule has 1 N–H and O–H groups in total. The number of nitriles is 1. The minimum absolute atomic E-state index is 0.0336. The molecule has 0 aromatic carbocycles. The standard InChI is InChI=1S/C7H11N3/c1-6(3-8)7(4-9)5-10-2/h3,5-8H,1-2H3. The van der Waals surface area contributed by atoms with Gasteiger partial charge in [-0.1, -0.05) is 6.92 Å². The quantitative estimate of drug-likeness (QED) is 0.582. The predicted molar refractivity (Wildman–Crippen MR) is 41.5 cm³/mol. The number of hydrogen-bond acceptors (Lipinski definition) is 3. The number of rotatable bonds is 3. The number of nitrogens with zero attached hydrogens (tertiary/aromatic N) is 2. The first kappa shape index (κ1) is 8.83. The van der Waals surface area contributed by atoms with Crippen LogP contribution < -0.4 is 0 Å². The Morgan fingerprint density at radius 2 is 2.30 bits per heavy atom. The molecule has 2 atom stereocenters. The molecule has 0 aliphatic heterocycles. The van der Waals surface area contributed by atoms with Crippen LogP contribution in [0.1, 0.15) is 6.92 Å². The molecule has 0 saturated carbocycles. The summed E-state index contributed by atoms with van der Waals surface area (Å²) in [5.41, 5.74) is 0. The van der Waals surface area contributed by atoms with Crippen LogP contribution in [-0.4, -0.2) is 19.5 Å². The van der Waals surface area contributed by atoms with Gasteiger partial charge in [0.05, 0.1) is 12.0 Å². The van der Waals surface area contributed by atoms with Crippen LogP contribution in [0.15, 0.2) is 4.99 Å². The maximum Gasteiger partial charge on any atom is 0.0885 e. The first-order valence-electron chi connectivity index (χ1n) is 3.08. The maximum atomic E-state index is 8.51. The number of hydrogen-bond donors (Lipinski definition) is 1. The average Bonchev–Trinajstić information content (AvgIpc) is 1.99. The van der Waals surface area contributed by atoms with E-state index in [0.29, 0.717) is 0 Å². The highest BCUT2D eigenvalue weighted by Gasteiger charge is 2.10. The molecule has 0 rings (SSSR count). The van der Waals surface area contributed by atoms with Gasteiger partial charge in [-0.05, 0) is 6.21 Å². The molecular formula is C7H11N3. The van der Waals surface area contributed by atoms with Gasteiger partial charge in [-0.3, -0.25) is 4.99 Å². The molecule has 0 heterocycles. The monoisotopic (exact) mass is 137 g/mol. The smallest absolute Gasteiger partial charge is 0.0885 e.